The summed E-state index contributed by atoms with van der Waals surface area (Å²) in [5.74, 6) is -0.313. The van der Waals surface area contributed by atoms with Crippen LogP contribution in [0.15, 0.2) is 47.4 Å². The number of sulfonamides is 1. The number of hydrogen-bond donors (Lipinski definition) is 1. The van der Waals surface area contributed by atoms with Crippen molar-refractivity contribution in [2.24, 2.45) is 5.41 Å². The molecule has 0 atom stereocenters. The first kappa shape index (κ1) is 26.4. The summed E-state index contributed by atoms with van der Waals surface area (Å²) in [6.07, 6.45) is 5.53. The van der Waals surface area contributed by atoms with Gasteiger partial charge in [0.05, 0.1) is 4.90 Å². The molecule has 0 aliphatic carbocycles. The van der Waals surface area contributed by atoms with Crippen molar-refractivity contribution in [1.29, 1.82) is 0 Å². The second-order valence-electron chi connectivity index (χ2n) is 9.93. The number of carbonyl (C=O) groups excluding carboxylic acids is 2. The van der Waals surface area contributed by atoms with E-state index in [4.69, 9.17) is 11.6 Å². The number of amides is 2. The molecule has 2 aromatic rings. The van der Waals surface area contributed by atoms with Crippen molar-refractivity contribution < 1.29 is 18.0 Å². The molecule has 2 heterocycles. The smallest absolute Gasteiger partial charge is 0.246 e. The second-order valence-corrected chi connectivity index (χ2v) is 12.3. The van der Waals surface area contributed by atoms with Gasteiger partial charge in [-0.2, -0.15) is 4.31 Å². The van der Waals surface area contributed by atoms with Crippen LogP contribution in [0.25, 0.3) is 6.08 Å². The lowest BCUT2D eigenvalue weighted by atomic mass is 9.78. The number of nitrogens with one attached hydrogen (secondary N) is 1. The van der Waals surface area contributed by atoms with Gasteiger partial charge in [0.25, 0.3) is 0 Å². The van der Waals surface area contributed by atoms with E-state index in [2.05, 4.69) is 5.32 Å². The van der Waals surface area contributed by atoms with Crippen LogP contribution in [-0.4, -0.2) is 55.6 Å². The highest BCUT2D eigenvalue weighted by atomic mass is 35.5. The predicted molar refractivity (Wildman–Crippen MR) is 142 cm³/mol. The van der Waals surface area contributed by atoms with Crippen molar-refractivity contribution in [2.45, 2.75) is 44.9 Å². The number of benzene rings is 2. The summed E-state index contributed by atoms with van der Waals surface area (Å²) in [5.41, 5.74) is 2.87. The highest BCUT2D eigenvalue weighted by molar-refractivity contribution is 7.89. The van der Waals surface area contributed by atoms with Crippen LogP contribution in [-0.2, 0) is 19.6 Å². The highest BCUT2D eigenvalue weighted by Gasteiger charge is 2.44. The maximum Gasteiger partial charge on any atom is 0.246 e. The van der Waals surface area contributed by atoms with Crippen LogP contribution in [0.1, 0.15) is 42.9 Å². The maximum atomic E-state index is 13.3. The molecule has 1 spiro atoms. The van der Waals surface area contributed by atoms with Gasteiger partial charge in [-0.1, -0.05) is 29.8 Å². The van der Waals surface area contributed by atoms with E-state index in [9.17, 15) is 18.0 Å². The van der Waals surface area contributed by atoms with Gasteiger partial charge >= 0.3 is 0 Å². The topological polar surface area (TPSA) is 86.8 Å². The summed E-state index contributed by atoms with van der Waals surface area (Å²) in [6, 6.07) is 10.6. The Morgan fingerprint density at radius 1 is 1.03 bits per heavy atom. The molecule has 2 saturated heterocycles. The molecule has 0 radical (unpaired) electrons. The fourth-order valence-electron chi connectivity index (χ4n) is 5.09. The number of aryl methyl sites for hydroxylation is 2. The third-order valence-corrected chi connectivity index (χ3v) is 9.50. The van der Waals surface area contributed by atoms with Crippen LogP contribution < -0.4 is 5.32 Å². The minimum atomic E-state index is -3.54. The lowest BCUT2D eigenvalue weighted by Gasteiger charge is -2.38. The van der Waals surface area contributed by atoms with E-state index in [0.717, 1.165) is 30.4 Å². The van der Waals surface area contributed by atoms with Gasteiger partial charge in [-0.05, 0) is 79.5 Å². The molecule has 0 aromatic heterocycles. The number of hydrogen-bond acceptors (Lipinski definition) is 4. The van der Waals surface area contributed by atoms with Gasteiger partial charge < -0.3 is 10.2 Å². The van der Waals surface area contributed by atoms with Gasteiger partial charge in [0, 0.05) is 49.9 Å². The molecule has 0 unspecified atom stereocenters. The molecule has 7 nitrogen and oxygen atoms in total. The fourth-order valence-corrected chi connectivity index (χ4v) is 7.02. The standard InChI is InChI=1S/C27H32ClN3O4S/c1-19-4-5-20(2)25(16-19)36(34,35)31-14-11-27(12-15-31)10-13-30(18-27)26(33)9-7-22-6-8-23(28)17-24(22)29-21(3)32/h4-9,16-17H,10-15,18H2,1-3H3,(H,29,32). The number of carbonyl (C=O) groups is 2. The normalized spacial score (nSPS) is 18.2. The monoisotopic (exact) mass is 529 g/mol. The fraction of sp³-hybridized carbons (Fsp3) is 0.407. The molecule has 2 aliphatic heterocycles. The molecule has 36 heavy (non-hydrogen) atoms. The third-order valence-electron chi connectivity index (χ3n) is 7.23. The lowest BCUT2D eigenvalue weighted by molar-refractivity contribution is -0.125. The van der Waals surface area contributed by atoms with Gasteiger partial charge in [0.2, 0.25) is 21.8 Å². The summed E-state index contributed by atoms with van der Waals surface area (Å²) in [5, 5.41) is 3.23. The van der Waals surface area contributed by atoms with Crippen LogP contribution in [0.2, 0.25) is 5.02 Å². The van der Waals surface area contributed by atoms with E-state index in [1.54, 1.807) is 34.6 Å². The Balaban J connectivity index is 1.40. The Kier molecular flexibility index (Phi) is 7.59. The Morgan fingerprint density at radius 3 is 2.42 bits per heavy atom. The van der Waals surface area contributed by atoms with Gasteiger partial charge in [-0.3, -0.25) is 9.59 Å². The summed E-state index contributed by atoms with van der Waals surface area (Å²) >= 11 is 6.05. The van der Waals surface area contributed by atoms with E-state index in [1.165, 1.54) is 13.0 Å². The first-order chi connectivity index (χ1) is 17.0. The van der Waals surface area contributed by atoms with E-state index in [1.807, 2.05) is 30.9 Å². The molecule has 2 fully saturated rings. The highest BCUT2D eigenvalue weighted by Crippen LogP contribution is 2.41. The van der Waals surface area contributed by atoms with E-state index >= 15 is 0 Å². The molecule has 9 heteroatoms. The van der Waals surface area contributed by atoms with Crippen molar-refractivity contribution in [1.82, 2.24) is 9.21 Å². The van der Waals surface area contributed by atoms with Crippen molar-refractivity contribution in [3.8, 4) is 0 Å². The number of rotatable bonds is 5. The molecule has 192 valence electrons. The average Bonchev–Trinajstić information content (AvgIpc) is 3.23. The summed E-state index contributed by atoms with van der Waals surface area (Å²) in [4.78, 5) is 26.7. The van der Waals surface area contributed by atoms with Gasteiger partial charge in [0.15, 0.2) is 0 Å². The van der Waals surface area contributed by atoms with Crippen LogP contribution >= 0.6 is 11.6 Å². The third kappa shape index (κ3) is 5.66. The molecule has 0 saturated carbocycles. The van der Waals surface area contributed by atoms with Crippen LogP contribution in [0.3, 0.4) is 0 Å². The SMILES string of the molecule is CC(=O)Nc1cc(Cl)ccc1C=CC(=O)N1CCC2(CCN(S(=O)(=O)c3cc(C)ccc3C)CC2)C1. The van der Waals surface area contributed by atoms with Crippen molar-refractivity contribution >= 4 is 45.2 Å². The zero-order chi connectivity index (χ0) is 26.1. The second kappa shape index (κ2) is 10.4. The van der Waals surface area contributed by atoms with Gasteiger partial charge in [0.1, 0.15) is 0 Å². The van der Waals surface area contributed by atoms with Crippen molar-refractivity contribution in [3.05, 3.63) is 64.2 Å². The molecule has 2 aliphatic rings. The molecular formula is C27H32ClN3O4S. The maximum absolute atomic E-state index is 13.3. The number of halogens is 1. The van der Waals surface area contributed by atoms with E-state index in [-0.39, 0.29) is 17.2 Å². The Morgan fingerprint density at radius 2 is 1.72 bits per heavy atom. The number of piperidine rings is 1. The number of anilines is 1. The molecular weight excluding hydrogens is 498 g/mol. The van der Waals surface area contributed by atoms with Gasteiger partial charge in [-0.15, -0.1) is 0 Å². The lowest BCUT2D eigenvalue weighted by Crippen LogP contribution is -2.44. The molecule has 2 aromatic carbocycles. The average molecular weight is 530 g/mol. The van der Waals surface area contributed by atoms with Gasteiger partial charge in [-0.25, -0.2) is 8.42 Å². The van der Waals surface area contributed by atoms with E-state index < -0.39 is 10.0 Å². The minimum Gasteiger partial charge on any atom is -0.339 e. The Labute approximate surface area is 218 Å². The molecule has 2 amide bonds. The van der Waals surface area contributed by atoms with Crippen LogP contribution in [0.4, 0.5) is 5.69 Å². The number of likely N-dealkylation sites (tertiary alicyclic amines) is 1. The van der Waals surface area contributed by atoms with E-state index in [0.29, 0.717) is 47.3 Å². The molecule has 4 rings (SSSR count). The molecule has 1 N–H and O–H groups in total. The first-order valence-electron chi connectivity index (χ1n) is 12.1. The summed E-state index contributed by atoms with van der Waals surface area (Å²) in [7, 11) is -3.54. The quantitative estimate of drug-likeness (QED) is 0.572. The first-order valence-corrected chi connectivity index (χ1v) is 13.9. The molecule has 0 bridgehead atoms. The summed E-state index contributed by atoms with van der Waals surface area (Å²) < 4.78 is 28.2. The minimum absolute atomic E-state index is 0.0568. The zero-order valence-electron chi connectivity index (χ0n) is 20.9. The largest absolute Gasteiger partial charge is 0.339 e. The Bertz CT molecular complexity index is 1310. The zero-order valence-corrected chi connectivity index (χ0v) is 22.5. The van der Waals surface area contributed by atoms with Crippen LogP contribution in [0, 0.1) is 19.3 Å². The predicted octanol–water partition coefficient (Wildman–Crippen LogP) is 4.63. The summed E-state index contributed by atoms with van der Waals surface area (Å²) in [6.45, 7) is 7.32. The van der Waals surface area contributed by atoms with Crippen molar-refractivity contribution in [3.63, 3.8) is 0 Å². The van der Waals surface area contributed by atoms with Crippen molar-refractivity contribution in [2.75, 3.05) is 31.5 Å². The van der Waals surface area contributed by atoms with Crippen LogP contribution in [0.5, 0.6) is 0 Å². The Hall–Kier alpha value is -2.68. The number of nitrogens with zero attached hydrogens (tertiary/aromatic N) is 2.